The largest absolute Gasteiger partial charge is 0.444 e. The number of nitrogens with zero attached hydrogens (tertiary/aromatic N) is 2. The second-order valence-electron chi connectivity index (χ2n) is 7.44. The van der Waals surface area contributed by atoms with Crippen LogP contribution in [0.4, 0.5) is 4.79 Å². The van der Waals surface area contributed by atoms with Crippen molar-refractivity contribution >= 4 is 23.6 Å². The Kier molecular flexibility index (Phi) is 6.89. The van der Waals surface area contributed by atoms with Crippen LogP contribution in [0, 0.1) is 0 Å². The van der Waals surface area contributed by atoms with Gasteiger partial charge in [-0.25, -0.2) is 4.79 Å². The Morgan fingerprint density at radius 1 is 1.31 bits per heavy atom. The molecular weight excluding hydrogens is 356 g/mol. The van der Waals surface area contributed by atoms with Gasteiger partial charge in [-0.05, 0) is 51.3 Å². The summed E-state index contributed by atoms with van der Waals surface area (Å²) in [7, 11) is 0. The van der Waals surface area contributed by atoms with Crippen LogP contribution in [-0.2, 0) is 16.1 Å². The number of hydrogen-bond donors (Lipinski definition) is 1. The summed E-state index contributed by atoms with van der Waals surface area (Å²) in [4.78, 5) is 28.5. The first-order chi connectivity index (χ1) is 12.2. The molecule has 144 valence electrons. The molecule has 2 amide bonds. The van der Waals surface area contributed by atoms with Crippen molar-refractivity contribution in [2.24, 2.45) is 0 Å². The fourth-order valence-corrected chi connectivity index (χ4v) is 3.10. The molecule has 1 unspecified atom stereocenters. The summed E-state index contributed by atoms with van der Waals surface area (Å²) < 4.78 is 5.43. The fourth-order valence-electron chi connectivity index (χ4n) is 2.97. The van der Waals surface area contributed by atoms with Crippen molar-refractivity contribution in [2.45, 2.75) is 51.8 Å². The topological polar surface area (TPSA) is 70.1 Å². The highest BCUT2D eigenvalue weighted by molar-refractivity contribution is 6.30. The first-order valence-corrected chi connectivity index (χ1v) is 9.23. The number of carbonyl (C=O) groups is 2. The maximum absolute atomic E-state index is 13.0. The van der Waals surface area contributed by atoms with Crippen molar-refractivity contribution < 1.29 is 19.4 Å². The molecule has 0 bridgehead atoms. The summed E-state index contributed by atoms with van der Waals surface area (Å²) in [5.41, 5.74) is 0.305. The van der Waals surface area contributed by atoms with Crippen LogP contribution in [0.3, 0.4) is 0 Å². The first kappa shape index (κ1) is 20.5. The van der Waals surface area contributed by atoms with Crippen LogP contribution in [0.5, 0.6) is 0 Å². The van der Waals surface area contributed by atoms with Gasteiger partial charge in [-0.2, -0.15) is 0 Å². The molecule has 0 saturated carbocycles. The molecule has 6 nitrogen and oxygen atoms in total. The Morgan fingerprint density at radius 3 is 2.54 bits per heavy atom. The van der Waals surface area contributed by atoms with Gasteiger partial charge in [0.1, 0.15) is 11.6 Å². The molecule has 1 aromatic rings. The number of likely N-dealkylation sites (tertiary alicyclic amines) is 1. The van der Waals surface area contributed by atoms with Crippen LogP contribution < -0.4 is 0 Å². The lowest BCUT2D eigenvalue weighted by Gasteiger charge is -2.31. The van der Waals surface area contributed by atoms with E-state index in [2.05, 4.69) is 0 Å². The van der Waals surface area contributed by atoms with Gasteiger partial charge in [0.25, 0.3) is 0 Å². The van der Waals surface area contributed by atoms with Crippen LogP contribution >= 0.6 is 11.6 Å². The number of rotatable bonds is 5. The predicted octanol–water partition coefficient (Wildman–Crippen LogP) is 3.06. The number of carbonyl (C=O) groups excluding carboxylic acids is 2. The van der Waals surface area contributed by atoms with Gasteiger partial charge in [-0.3, -0.25) is 9.69 Å². The smallest absolute Gasteiger partial charge is 0.410 e. The Balaban J connectivity index is 2.11. The molecule has 1 saturated heterocycles. The maximum atomic E-state index is 13.0. The number of amides is 2. The van der Waals surface area contributed by atoms with Crippen molar-refractivity contribution in [2.75, 3.05) is 19.7 Å². The lowest BCUT2D eigenvalue weighted by atomic mass is 10.1. The molecule has 0 spiro atoms. The standard InChI is InChI=1S/C19H27ClN2O4/c1-19(2,3)26-18(25)22-10-4-5-16(22)17(24)21(11-12-23)13-14-6-8-15(20)9-7-14/h6-9,16,23H,4-5,10-13H2,1-3H3. The molecular formula is C19H27ClN2O4. The average molecular weight is 383 g/mol. The average Bonchev–Trinajstić information content (AvgIpc) is 3.04. The van der Waals surface area contributed by atoms with E-state index in [9.17, 15) is 14.7 Å². The van der Waals surface area contributed by atoms with Crippen LogP contribution in [-0.4, -0.2) is 58.2 Å². The quantitative estimate of drug-likeness (QED) is 0.849. The Bertz CT molecular complexity index is 627. The molecule has 1 N–H and O–H groups in total. The lowest BCUT2D eigenvalue weighted by Crippen LogP contribution is -2.49. The SMILES string of the molecule is CC(C)(C)OC(=O)N1CCCC1C(=O)N(CCO)Cc1ccc(Cl)cc1. The minimum atomic E-state index is -0.610. The van der Waals surface area contributed by atoms with Gasteiger partial charge in [0, 0.05) is 24.7 Å². The van der Waals surface area contributed by atoms with E-state index in [1.54, 1.807) is 37.8 Å². The van der Waals surface area contributed by atoms with E-state index >= 15 is 0 Å². The third-order valence-corrected chi connectivity index (χ3v) is 4.39. The van der Waals surface area contributed by atoms with Crippen LogP contribution in [0.2, 0.25) is 5.02 Å². The number of aliphatic hydroxyl groups is 1. The number of ether oxygens (including phenoxy) is 1. The van der Waals surface area contributed by atoms with Gasteiger partial charge in [0.2, 0.25) is 5.91 Å². The molecule has 2 rings (SSSR count). The van der Waals surface area contributed by atoms with E-state index in [-0.39, 0.29) is 19.1 Å². The van der Waals surface area contributed by atoms with E-state index in [0.717, 1.165) is 12.0 Å². The third kappa shape index (κ3) is 5.61. The second kappa shape index (κ2) is 8.73. The minimum Gasteiger partial charge on any atom is -0.444 e. The Labute approximate surface area is 159 Å². The van der Waals surface area contributed by atoms with E-state index in [0.29, 0.717) is 24.5 Å². The molecule has 1 aliphatic rings. The molecule has 1 aromatic carbocycles. The zero-order valence-corrected chi connectivity index (χ0v) is 16.3. The van der Waals surface area contributed by atoms with Crippen molar-refractivity contribution in [1.29, 1.82) is 0 Å². The van der Waals surface area contributed by atoms with Gasteiger partial charge in [0.15, 0.2) is 0 Å². The zero-order chi connectivity index (χ0) is 19.3. The molecule has 1 aliphatic heterocycles. The Morgan fingerprint density at radius 2 is 1.96 bits per heavy atom. The van der Waals surface area contributed by atoms with Crippen LogP contribution in [0.25, 0.3) is 0 Å². The summed E-state index contributed by atoms with van der Waals surface area (Å²) in [6.45, 7) is 6.33. The van der Waals surface area contributed by atoms with Crippen molar-refractivity contribution in [1.82, 2.24) is 9.80 Å². The molecule has 0 radical (unpaired) electrons. The second-order valence-corrected chi connectivity index (χ2v) is 7.88. The predicted molar refractivity (Wildman–Crippen MR) is 99.9 cm³/mol. The molecule has 1 atom stereocenters. The van der Waals surface area contributed by atoms with E-state index < -0.39 is 17.7 Å². The van der Waals surface area contributed by atoms with E-state index in [1.807, 2.05) is 12.1 Å². The molecule has 0 aliphatic carbocycles. The molecule has 7 heteroatoms. The highest BCUT2D eigenvalue weighted by Gasteiger charge is 2.38. The first-order valence-electron chi connectivity index (χ1n) is 8.85. The van der Waals surface area contributed by atoms with Crippen molar-refractivity contribution in [3.05, 3.63) is 34.9 Å². The zero-order valence-electron chi connectivity index (χ0n) is 15.6. The third-order valence-electron chi connectivity index (χ3n) is 4.13. The van der Waals surface area contributed by atoms with Gasteiger partial charge in [-0.15, -0.1) is 0 Å². The molecule has 26 heavy (non-hydrogen) atoms. The highest BCUT2D eigenvalue weighted by atomic mass is 35.5. The number of hydrogen-bond acceptors (Lipinski definition) is 4. The van der Waals surface area contributed by atoms with Crippen molar-refractivity contribution in [3.8, 4) is 0 Å². The summed E-state index contributed by atoms with van der Waals surface area (Å²) in [5, 5.41) is 9.98. The van der Waals surface area contributed by atoms with E-state index in [1.165, 1.54) is 4.90 Å². The van der Waals surface area contributed by atoms with Crippen molar-refractivity contribution in [3.63, 3.8) is 0 Å². The van der Waals surface area contributed by atoms with Crippen LogP contribution in [0.1, 0.15) is 39.2 Å². The van der Waals surface area contributed by atoms with E-state index in [4.69, 9.17) is 16.3 Å². The van der Waals surface area contributed by atoms with Gasteiger partial charge in [0.05, 0.1) is 6.61 Å². The summed E-state index contributed by atoms with van der Waals surface area (Å²) in [5.74, 6) is -0.169. The molecule has 1 heterocycles. The lowest BCUT2D eigenvalue weighted by molar-refractivity contribution is -0.137. The normalized spacial score (nSPS) is 17.3. The van der Waals surface area contributed by atoms with Crippen LogP contribution in [0.15, 0.2) is 24.3 Å². The highest BCUT2D eigenvalue weighted by Crippen LogP contribution is 2.23. The Hall–Kier alpha value is -1.79. The summed E-state index contributed by atoms with van der Waals surface area (Å²) in [6, 6.07) is 6.67. The molecule has 0 aromatic heterocycles. The number of benzene rings is 1. The fraction of sp³-hybridized carbons (Fsp3) is 0.579. The molecule has 1 fully saturated rings. The summed E-state index contributed by atoms with van der Waals surface area (Å²) in [6.07, 6.45) is 0.883. The maximum Gasteiger partial charge on any atom is 0.410 e. The minimum absolute atomic E-state index is 0.140. The number of halogens is 1. The summed E-state index contributed by atoms with van der Waals surface area (Å²) >= 11 is 5.90. The number of aliphatic hydroxyl groups excluding tert-OH is 1. The monoisotopic (exact) mass is 382 g/mol. The van der Waals surface area contributed by atoms with Gasteiger partial charge < -0.3 is 14.7 Å². The van der Waals surface area contributed by atoms with Gasteiger partial charge >= 0.3 is 6.09 Å². The van der Waals surface area contributed by atoms with Gasteiger partial charge in [-0.1, -0.05) is 23.7 Å².